The fourth-order valence-corrected chi connectivity index (χ4v) is 6.12. The van der Waals surface area contributed by atoms with E-state index in [0.29, 0.717) is 19.4 Å². The van der Waals surface area contributed by atoms with Crippen LogP contribution < -0.4 is 0 Å². The lowest BCUT2D eigenvalue weighted by atomic mass is 10.1. The summed E-state index contributed by atoms with van der Waals surface area (Å²) in [6, 6.07) is 0. The van der Waals surface area contributed by atoms with Gasteiger partial charge in [-0.2, -0.15) is 0 Å². The first-order valence-electron chi connectivity index (χ1n) is 20.5. The molecule has 2 N–H and O–H groups in total. The predicted octanol–water partition coefficient (Wildman–Crippen LogP) is 11.8. The van der Waals surface area contributed by atoms with Crippen LogP contribution in [0.25, 0.3) is 0 Å². The smallest absolute Gasteiger partial charge is 0.155 e. The van der Waals surface area contributed by atoms with Crippen LogP contribution in [0.1, 0.15) is 194 Å². The third kappa shape index (κ3) is 37.9. The van der Waals surface area contributed by atoms with E-state index in [1.165, 1.54) is 141 Å². The van der Waals surface area contributed by atoms with E-state index in [2.05, 4.69) is 59.3 Å². The van der Waals surface area contributed by atoms with E-state index in [-0.39, 0.29) is 6.10 Å². The highest BCUT2D eigenvalue weighted by Gasteiger charge is 2.23. The summed E-state index contributed by atoms with van der Waals surface area (Å²) >= 11 is 0. The fraction of sp³-hybridized carbons (Fsp3) is 0.905. The number of hydrogen-bond acceptors (Lipinski definition) is 4. The fourth-order valence-electron chi connectivity index (χ4n) is 6.12. The van der Waals surface area contributed by atoms with E-state index in [4.69, 9.17) is 9.47 Å². The minimum atomic E-state index is -0.775. The molecule has 0 rings (SSSR count). The predicted molar refractivity (Wildman–Crippen MR) is 205 cm³/mol. The van der Waals surface area contributed by atoms with Gasteiger partial charge in [0.05, 0.1) is 27.7 Å². The van der Waals surface area contributed by atoms with Gasteiger partial charge in [0.25, 0.3) is 0 Å². The van der Waals surface area contributed by atoms with Crippen LogP contribution in [0.4, 0.5) is 0 Å². The third-order valence-electron chi connectivity index (χ3n) is 9.00. The van der Waals surface area contributed by atoms with Crippen LogP contribution in [0.15, 0.2) is 24.3 Å². The zero-order valence-corrected chi connectivity index (χ0v) is 32.4. The first-order chi connectivity index (χ1) is 22.8. The molecule has 0 heterocycles. The van der Waals surface area contributed by atoms with E-state index in [1.807, 2.05) is 0 Å². The van der Waals surface area contributed by atoms with Gasteiger partial charge in [-0.05, 0) is 77.0 Å². The summed E-state index contributed by atoms with van der Waals surface area (Å²) in [5.41, 5.74) is 0. The molecule has 0 aliphatic heterocycles. The number of allylic oxidation sites excluding steroid dienone is 4. The Bertz CT molecular complexity index is 674. The topological polar surface area (TPSA) is 58.9 Å². The average Bonchev–Trinajstić information content (AvgIpc) is 3.03. The lowest BCUT2D eigenvalue weighted by Gasteiger charge is -2.30. The van der Waals surface area contributed by atoms with E-state index in [0.717, 1.165) is 36.7 Å². The molecule has 280 valence electrons. The van der Waals surface area contributed by atoms with Gasteiger partial charge in [0.1, 0.15) is 12.6 Å². The molecule has 5 nitrogen and oxygen atoms in total. The molecule has 47 heavy (non-hydrogen) atoms. The Balaban J connectivity index is 3.88. The van der Waals surface area contributed by atoms with Crippen molar-refractivity contribution in [2.75, 3.05) is 34.3 Å². The van der Waals surface area contributed by atoms with E-state index in [9.17, 15) is 10.2 Å². The molecule has 0 aromatic rings. The Kier molecular flexibility index (Phi) is 34.6. The number of hydrogen-bond donors (Lipinski definition) is 2. The Morgan fingerprint density at radius 1 is 0.468 bits per heavy atom. The molecule has 3 unspecified atom stereocenters. The van der Waals surface area contributed by atoms with Gasteiger partial charge >= 0.3 is 0 Å². The highest BCUT2D eigenvalue weighted by molar-refractivity contribution is 4.82. The van der Waals surface area contributed by atoms with Crippen LogP contribution >= 0.6 is 0 Å². The first kappa shape index (κ1) is 46.3. The molecule has 0 aromatic heterocycles. The summed E-state index contributed by atoms with van der Waals surface area (Å²) in [7, 11) is 6.36. The standard InChI is InChI=1S/C42H84NO4/c1-6-8-10-12-14-16-18-20-22-24-26-28-30-32-34-36-41(44)46-39-40(38-43(3,4)5)47-42(45)37-35-33-31-29-27-25-23-21-19-17-15-13-11-9-7-2/h20-23,40-42,44-45H,6-19,24-39H2,1-5H3/q+1/b22-20-,23-21-. The molecule has 0 spiro atoms. The third-order valence-corrected chi connectivity index (χ3v) is 9.00. The molecule has 0 aromatic carbocycles. The maximum Gasteiger partial charge on any atom is 0.155 e. The second-order valence-corrected chi connectivity index (χ2v) is 15.2. The molecular formula is C42H84NO4+. The van der Waals surface area contributed by atoms with Crippen molar-refractivity contribution in [2.24, 2.45) is 0 Å². The largest absolute Gasteiger partial charge is 0.368 e. The number of rotatable bonds is 37. The highest BCUT2D eigenvalue weighted by atomic mass is 16.6. The van der Waals surface area contributed by atoms with Gasteiger partial charge in [0.15, 0.2) is 12.6 Å². The van der Waals surface area contributed by atoms with Gasteiger partial charge in [0.2, 0.25) is 0 Å². The van der Waals surface area contributed by atoms with Crippen LogP contribution in [-0.2, 0) is 9.47 Å². The van der Waals surface area contributed by atoms with E-state index < -0.39 is 12.6 Å². The zero-order valence-electron chi connectivity index (χ0n) is 32.4. The van der Waals surface area contributed by atoms with Crippen molar-refractivity contribution in [1.82, 2.24) is 0 Å². The zero-order chi connectivity index (χ0) is 34.7. The van der Waals surface area contributed by atoms with Crippen LogP contribution in [0.3, 0.4) is 0 Å². The molecule has 0 amide bonds. The molecule has 3 atom stereocenters. The SMILES string of the molecule is CCCCCCCC/C=C\CCCCCCCC(O)OCC(C[N+](C)(C)C)OC(O)CCCCCCC/C=C\CCCCCCCC. The molecular weight excluding hydrogens is 582 g/mol. The molecule has 0 aliphatic rings. The molecule has 0 radical (unpaired) electrons. The summed E-state index contributed by atoms with van der Waals surface area (Å²) in [4.78, 5) is 0. The van der Waals surface area contributed by atoms with Crippen LogP contribution in [0, 0.1) is 0 Å². The van der Waals surface area contributed by atoms with Gasteiger partial charge in [-0.25, -0.2) is 0 Å². The van der Waals surface area contributed by atoms with Crippen LogP contribution in [0.5, 0.6) is 0 Å². The Hall–Kier alpha value is -0.720. The molecule has 0 bridgehead atoms. The second kappa shape index (κ2) is 35.1. The van der Waals surface area contributed by atoms with Gasteiger partial charge in [-0.15, -0.1) is 0 Å². The maximum absolute atomic E-state index is 10.6. The minimum Gasteiger partial charge on any atom is -0.368 e. The van der Waals surface area contributed by atoms with Crippen molar-refractivity contribution >= 4 is 0 Å². The number of unbranched alkanes of at least 4 members (excludes halogenated alkanes) is 22. The van der Waals surface area contributed by atoms with Crippen molar-refractivity contribution in [3.63, 3.8) is 0 Å². The molecule has 0 saturated carbocycles. The quantitative estimate of drug-likeness (QED) is 0.0300. The second-order valence-electron chi connectivity index (χ2n) is 15.2. The van der Waals surface area contributed by atoms with Crippen molar-refractivity contribution in [1.29, 1.82) is 0 Å². The van der Waals surface area contributed by atoms with Gasteiger partial charge < -0.3 is 24.2 Å². The number of aliphatic hydroxyl groups excluding tert-OH is 2. The number of aliphatic hydroxyl groups is 2. The minimum absolute atomic E-state index is 0.239. The maximum atomic E-state index is 10.6. The molecule has 0 aliphatic carbocycles. The van der Waals surface area contributed by atoms with Gasteiger partial charge in [0, 0.05) is 0 Å². The van der Waals surface area contributed by atoms with Crippen LogP contribution in [0.2, 0.25) is 0 Å². The Morgan fingerprint density at radius 3 is 1.19 bits per heavy atom. The highest BCUT2D eigenvalue weighted by Crippen LogP contribution is 2.15. The van der Waals surface area contributed by atoms with Crippen molar-refractivity contribution in [3.8, 4) is 0 Å². The van der Waals surface area contributed by atoms with Crippen molar-refractivity contribution < 1.29 is 24.2 Å². The summed E-state index contributed by atoms with van der Waals surface area (Å²) < 4.78 is 12.5. The average molecular weight is 667 g/mol. The van der Waals surface area contributed by atoms with Crippen molar-refractivity contribution in [3.05, 3.63) is 24.3 Å². The van der Waals surface area contributed by atoms with Crippen molar-refractivity contribution in [2.45, 2.75) is 212 Å². The number of likely N-dealkylation sites (N-methyl/N-ethyl adjacent to an activating group) is 1. The molecule has 0 fully saturated rings. The Morgan fingerprint density at radius 2 is 0.809 bits per heavy atom. The lowest BCUT2D eigenvalue weighted by Crippen LogP contribution is -2.45. The lowest BCUT2D eigenvalue weighted by molar-refractivity contribution is -0.874. The number of nitrogens with zero attached hydrogens (tertiary/aromatic N) is 1. The monoisotopic (exact) mass is 667 g/mol. The Labute approximate surface area is 294 Å². The van der Waals surface area contributed by atoms with Crippen LogP contribution in [-0.4, -0.2) is 67.7 Å². The molecule has 5 heteroatoms. The first-order valence-corrected chi connectivity index (χ1v) is 20.5. The summed E-state index contributed by atoms with van der Waals surface area (Å²) in [6.45, 7) is 5.58. The van der Waals surface area contributed by atoms with Gasteiger partial charge in [-0.3, -0.25) is 0 Å². The summed E-state index contributed by atoms with van der Waals surface area (Å²) in [5, 5.41) is 21.0. The summed E-state index contributed by atoms with van der Waals surface area (Å²) in [5.74, 6) is 0. The number of quaternary nitrogens is 1. The summed E-state index contributed by atoms with van der Waals surface area (Å²) in [6.07, 6.45) is 42.0. The van der Waals surface area contributed by atoms with E-state index in [1.54, 1.807) is 0 Å². The van der Waals surface area contributed by atoms with E-state index >= 15 is 0 Å². The molecule has 0 saturated heterocycles. The number of ether oxygens (including phenoxy) is 2. The van der Waals surface area contributed by atoms with Gasteiger partial charge in [-0.1, -0.05) is 141 Å². The normalized spacial score (nSPS) is 14.4.